The van der Waals surface area contributed by atoms with Crippen LogP contribution in [-0.4, -0.2) is 62.6 Å². The second kappa shape index (κ2) is 10.2. The fraction of sp³-hybridized carbons (Fsp3) is 0.520. The Kier molecular flexibility index (Phi) is 7.80. The number of ether oxygens (including phenoxy) is 2. The zero-order valence-corrected chi connectivity index (χ0v) is 19.7. The van der Waals surface area contributed by atoms with Crippen LogP contribution in [0, 0.1) is 0 Å². The summed E-state index contributed by atoms with van der Waals surface area (Å²) in [7, 11) is 1.62. The van der Waals surface area contributed by atoms with Crippen molar-refractivity contribution in [2.24, 2.45) is 0 Å². The van der Waals surface area contributed by atoms with Crippen LogP contribution < -0.4 is 14.4 Å². The quantitative estimate of drug-likeness (QED) is 0.648. The van der Waals surface area contributed by atoms with Gasteiger partial charge in [-0.3, -0.25) is 4.90 Å². The number of nitrogens with zero attached hydrogens (tertiary/aromatic N) is 2. The molecule has 8 heteroatoms. The maximum Gasteiger partial charge on any atom is 0.416 e. The van der Waals surface area contributed by atoms with Crippen molar-refractivity contribution in [1.29, 1.82) is 0 Å². The molecule has 2 aromatic rings. The maximum absolute atomic E-state index is 13.0. The van der Waals surface area contributed by atoms with Gasteiger partial charge >= 0.3 is 6.18 Å². The van der Waals surface area contributed by atoms with E-state index in [1.807, 2.05) is 23.1 Å². The molecule has 1 heterocycles. The number of aliphatic hydroxyl groups excluding tert-OH is 1. The Hall–Kier alpha value is -2.45. The SMILES string of the molecule is COc1ccc(OC[C@H](O)CN2CCN(c3cccc(C(F)(F)F)c3)CC2)c(C(C)(C)C)c1. The van der Waals surface area contributed by atoms with Crippen LogP contribution >= 0.6 is 0 Å². The van der Waals surface area contributed by atoms with Gasteiger partial charge in [-0.25, -0.2) is 0 Å². The van der Waals surface area contributed by atoms with Crippen LogP contribution in [0.25, 0.3) is 0 Å². The van der Waals surface area contributed by atoms with Gasteiger partial charge in [0.25, 0.3) is 0 Å². The molecule has 1 aliphatic rings. The average Bonchev–Trinajstić information content (AvgIpc) is 2.77. The lowest BCUT2D eigenvalue weighted by atomic mass is 9.86. The van der Waals surface area contributed by atoms with Crippen molar-refractivity contribution in [2.75, 3.05) is 51.3 Å². The number of methoxy groups -OCH3 is 1. The molecule has 33 heavy (non-hydrogen) atoms. The Balaban J connectivity index is 1.52. The van der Waals surface area contributed by atoms with Crippen molar-refractivity contribution >= 4 is 5.69 Å². The Morgan fingerprint density at radius 3 is 2.30 bits per heavy atom. The molecule has 0 amide bonds. The lowest BCUT2D eigenvalue weighted by molar-refractivity contribution is -0.137. The summed E-state index contributed by atoms with van der Waals surface area (Å²) in [5, 5.41) is 10.5. The number of piperazine rings is 1. The van der Waals surface area contributed by atoms with Crippen molar-refractivity contribution in [3.63, 3.8) is 0 Å². The highest BCUT2D eigenvalue weighted by molar-refractivity contribution is 5.49. The highest BCUT2D eigenvalue weighted by atomic mass is 19.4. The lowest BCUT2D eigenvalue weighted by Gasteiger charge is -2.37. The zero-order chi connectivity index (χ0) is 24.2. The molecule has 3 rings (SSSR count). The van der Waals surface area contributed by atoms with E-state index in [9.17, 15) is 18.3 Å². The van der Waals surface area contributed by atoms with Gasteiger partial charge in [-0.15, -0.1) is 0 Å². The predicted octanol–water partition coefficient (Wildman–Crippen LogP) is 4.57. The lowest BCUT2D eigenvalue weighted by Crippen LogP contribution is -2.49. The van der Waals surface area contributed by atoms with Crippen molar-refractivity contribution in [1.82, 2.24) is 4.90 Å². The van der Waals surface area contributed by atoms with Crippen LogP contribution in [0.5, 0.6) is 11.5 Å². The van der Waals surface area contributed by atoms with Gasteiger partial charge in [0.15, 0.2) is 0 Å². The van der Waals surface area contributed by atoms with E-state index in [-0.39, 0.29) is 12.0 Å². The van der Waals surface area contributed by atoms with E-state index in [0.29, 0.717) is 38.4 Å². The van der Waals surface area contributed by atoms with Crippen molar-refractivity contribution in [2.45, 2.75) is 38.5 Å². The summed E-state index contributed by atoms with van der Waals surface area (Å²) in [5.41, 5.74) is 0.795. The number of halogens is 3. The first-order valence-corrected chi connectivity index (χ1v) is 11.1. The van der Waals surface area contributed by atoms with E-state index in [2.05, 4.69) is 25.7 Å². The molecule has 0 unspecified atom stereocenters. The largest absolute Gasteiger partial charge is 0.497 e. The smallest absolute Gasteiger partial charge is 0.416 e. The van der Waals surface area contributed by atoms with Crippen LogP contribution in [0.15, 0.2) is 42.5 Å². The van der Waals surface area contributed by atoms with Crippen LogP contribution in [0.3, 0.4) is 0 Å². The molecule has 2 aromatic carbocycles. The van der Waals surface area contributed by atoms with Gasteiger partial charge in [0.05, 0.1) is 12.7 Å². The summed E-state index contributed by atoms with van der Waals surface area (Å²) < 4.78 is 50.2. The third kappa shape index (κ3) is 6.77. The van der Waals surface area contributed by atoms with Gasteiger partial charge in [-0.1, -0.05) is 26.8 Å². The summed E-state index contributed by atoms with van der Waals surface area (Å²) >= 11 is 0. The Bertz CT molecular complexity index is 920. The standard InChI is InChI=1S/C25H33F3N2O3/c1-24(2,3)22-15-21(32-4)8-9-23(22)33-17-20(31)16-29-10-12-30(13-11-29)19-7-5-6-18(14-19)25(26,27)28/h5-9,14-15,20,31H,10-13,16-17H2,1-4H3/t20-/m1/s1. The monoisotopic (exact) mass is 466 g/mol. The third-order valence-corrected chi connectivity index (χ3v) is 5.81. The fourth-order valence-electron chi connectivity index (χ4n) is 3.95. The number of rotatable bonds is 7. The molecule has 1 atom stereocenters. The van der Waals surface area contributed by atoms with Gasteiger partial charge in [0, 0.05) is 44.0 Å². The Morgan fingerprint density at radius 1 is 1.00 bits per heavy atom. The number of anilines is 1. The molecule has 5 nitrogen and oxygen atoms in total. The molecule has 182 valence electrons. The second-order valence-electron chi connectivity index (χ2n) is 9.41. The third-order valence-electron chi connectivity index (χ3n) is 5.81. The highest BCUT2D eigenvalue weighted by Gasteiger charge is 2.31. The highest BCUT2D eigenvalue weighted by Crippen LogP contribution is 2.34. The minimum Gasteiger partial charge on any atom is -0.497 e. The number of hydrogen-bond donors (Lipinski definition) is 1. The van der Waals surface area contributed by atoms with Crippen LogP contribution in [0.2, 0.25) is 0 Å². The van der Waals surface area contributed by atoms with E-state index in [1.165, 1.54) is 12.1 Å². The molecular weight excluding hydrogens is 433 g/mol. The topological polar surface area (TPSA) is 45.2 Å². The Labute approximate surface area is 193 Å². The maximum atomic E-state index is 13.0. The van der Waals surface area contributed by atoms with E-state index >= 15 is 0 Å². The molecule has 1 saturated heterocycles. The molecule has 0 radical (unpaired) electrons. The number of aliphatic hydroxyl groups is 1. The van der Waals surface area contributed by atoms with Crippen molar-refractivity contribution in [3.8, 4) is 11.5 Å². The second-order valence-corrected chi connectivity index (χ2v) is 9.41. The van der Waals surface area contributed by atoms with Gasteiger partial charge in [0.1, 0.15) is 24.2 Å². The van der Waals surface area contributed by atoms with Crippen molar-refractivity contribution in [3.05, 3.63) is 53.6 Å². The Morgan fingerprint density at radius 2 is 1.70 bits per heavy atom. The molecule has 1 aliphatic heterocycles. The van der Waals surface area contributed by atoms with E-state index in [4.69, 9.17) is 9.47 Å². The number of hydrogen-bond acceptors (Lipinski definition) is 5. The van der Waals surface area contributed by atoms with Gasteiger partial charge in [-0.2, -0.15) is 13.2 Å². The number of β-amino-alcohol motifs (C(OH)–C–C–N with tert-alkyl or cyclic N) is 1. The molecule has 0 spiro atoms. The molecule has 1 fully saturated rings. The first kappa shape index (κ1) is 25.2. The van der Waals surface area contributed by atoms with E-state index < -0.39 is 17.8 Å². The minimum atomic E-state index is -4.35. The van der Waals surface area contributed by atoms with Gasteiger partial charge in [-0.05, 0) is 41.8 Å². The van der Waals surface area contributed by atoms with Crippen molar-refractivity contribution < 1.29 is 27.8 Å². The molecule has 0 aliphatic carbocycles. The molecule has 0 bridgehead atoms. The first-order chi connectivity index (χ1) is 15.5. The predicted molar refractivity (Wildman–Crippen MR) is 123 cm³/mol. The normalized spacial score (nSPS) is 16.5. The summed E-state index contributed by atoms with van der Waals surface area (Å²) in [4.78, 5) is 4.05. The minimum absolute atomic E-state index is 0.144. The molecule has 0 aromatic heterocycles. The molecular formula is C25H33F3N2O3. The fourth-order valence-corrected chi connectivity index (χ4v) is 3.95. The summed E-state index contributed by atoms with van der Waals surface area (Å²) in [6.45, 7) is 9.38. The first-order valence-electron chi connectivity index (χ1n) is 11.1. The number of benzene rings is 2. The van der Waals surface area contributed by atoms with Crippen LogP contribution in [0.4, 0.5) is 18.9 Å². The van der Waals surface area contributed by atoms with Crippen LogP contribution in [-0.2, 0) is 11.6 Å². The zero-order valence-electron chi connectivity index (χ0n) is 19.7. The van der Waals surface area contributed by atoms with Gasteiger partial charge in [0.2, 0.25) is 0 Å². The van der Waals surface area contributed by atoms with Gasteiger partial charge < -0.3 is 19.5 Å². The van der Waals surface area contributed by atoms with Crippen LogP contribution in [0.1, 0.15) is 31.9 Å². The average molecular weight is 467 g/mol. The summed E-state index contributed by atoms with van der Waals surface area (Å²) in [6, 6.07) is 11.1. The summed E-state index contributed by atoms with van der Waals surface area (Å²) in [5.74, 6) is 1.48. The van der Waals surface area contributed by atoms with E-state index in [1.54, 1.807) is 13.2 Å². The molecule has 1 N–H and O–H groups in total. The van der Waals surface area contributed by atoms with E-state index in [0.717, 1.165) is 23.1 Å². The number of alkyl halides is 3. The molecule has 0 saturated carbocycles. The summed E-state index contributed by atoms with van der Waals surface area (Å²) in [6.07, 6.45) is -5.03.